The maximum atomic E-state index is 10.9. The second kappa shape index (κ2) is 5.66. The normalized spacial score (nSPS) is 10.1. The van der Waals surface area contributed by atoms with E-state index in [2.05, 4.69) is 15.4 Å². The number of thioether (sulfide) groups is 1. The number of hydrogen-bond donors (Lipinski definition) is 1. The van der Waals surface area contributed by atoms with Gasteiger partial charge in [0.05, 0.1) is 0 Å². The van der Waals surface area contributed by atoms with Crippen molar-refractivity contribution in [2.24, 2.45) is 0 Å². The molecule has 0 aromatic carbocycles. The number of carbonyl (C=O) groups excluding carboxylic acids is 1. The predicted octanol–water partition coefficient (Wildman–Crippen LogP) is 0.194. The van der Waals surface area contributed by atoms with Gasteiger partial charge in [0, 0.05) is 0 Å². The fourth-order valence-corrected chi connectivity index (χ4v) is 2.25. The van der Waals surface area contributed by atoms with Gasteiger partial charge in [0.1, 0.15) is 0 Å². The molecule has 4 nitrogen and oxygen atoms in total. The van der Waals surface area contributed by atoms with Crippen molar-refractivity contribution >= 4 is 41.9 Å². The number of H-pyrrole nitrogens is 1. The van der Waals surface area contributed by atoms with Crippen molar-refractivity contribution in [1.82, 2.24) is 15.4 Å². The first-order valence-corrected chi connectivity index (χ1v) is 6.64. The van der Waals surface area contributed by atoms with Crippen molar-refractivity contribution in [1.29, 1.82) is 0 Å². The molecule has 1 aromatic rings. The topological polar surface area (TPSA) is 58.6 Å². The summed E-state index contributed by atoms with van der Waals surface area (Å²) in [5.74, 6) is 0.804. The maximum absolute atomic E-state index is 10.9. The van der Waals surface area contributed by atoms with Gasteiger partial charge in [-0.1, -0.05) is 0 Å². The van der Waals surface area contributed by atoms with Crippen molar-refractivity contribution in [2.45, 2.75) is 10.5 Å². The third-order valence-corrected chi connectivity index (χ3v) is 3.88. The molecule has 1 rings (SSSR count). The van der Waals surface area contributed by atoms with Crippen LogP contribution in [0.15, 0.2) is 6.20 Å². The Morgan fingerprint density at radius 2 is 2.58 bits per heavy atom. The van der Waals surface area contributed by atoms with Crippen molar-refractivity contribution in [3.8, 4) is 0 Å². The zero-order valence-corrected chi connectivity index (χ0v) is 10.3. The van der Waals surface area contributed by atoms with Crippen LogP contribution in [0, 0.1) is 0 Å². The molecule has 12 heavy (non-hydrogen) atoms. The van der Waals surface area contributed by atoms with Crippen molar-refractivity contribution in [2.75, 3.05) is 5.75 Å². The Balaban J connectivity index is 2.15. The summed E-state index contributed by atoms with van der Waals surface area (Å²) < 4.78 is 0.684. The van der Waals surface area contributed by atoms with E-state index in [4.69, 9.17) is 0 Å². The van der Waals surface area contributed by atoms with Crippen LogP contribution in [0.25, 0.3) is 0 Å². The van der Waals surface area contributed by atoms with Crippen LogP contribution < -0.4 is 0 Å². The Bertz CT molecular complexity index is 239. The first-order valence-electron chi connectivity index (χ1n) is 3.41. The molecule has 0 saturated heterocycles. The summed E-state index contributed by atoms with van der Waals surface area (Å²) in [7, 11) is 0. The summed E-state index contributed by atoms with van der Waals surface area (Å²) in [5.41, 5.74) is 0.916. The van der Waals surface area contributed by atoms with Crippen LogP contribution in [0.4, 0.5) is 0 Å². The summed E-state index contributed by atoms with van der Waals surface area (Å²) in [6.45, 7) is 0. The monoisotopic (exact) mass is 379 g/mol. The summed E-state index contributed by atoms with van der Waals surface area (Å²) in [6.07, 6.45) is 2.49. The molecule has 0 fully saturated rings. The zero-order valence-electron chi connectivity index (χ0n) is 6.32. The van der Waals surface area contributed by atoms with Crippen LogP contribution in [0.3, 0.4) is 0 Å². The number of aryl methyl sites for hydroxylation is 1. The first kappa shape index (κ1) is 10.1. The molecule has 0 unspecified atom stereocenters. The molecule has 0 aliphatic rings. The second-order valence-electron chi connectivity index (χ2n) is 2.08. The van der Waals surface area contributed by atoms with Crippen LogP contribution in [-0.4, -0.2) is 51.3 Å². The molecule has 0 spiro atoms. The zero-order chi connectivity index (χ0) is 8.81. The van der Waals surface area contributed by atoms with Gasteiger partial charge in [0.25, 0.3) is 0 Å². The molecular formula is C6H8N3OPoS. The summed E-state index contributed by atoms with van der Waals surface area (Å²) >= 11 is 2.70. The van der Waals surface area contributed by atoms with Gasteiger partial charge < -0.3 is 0 Å². The number of rotatable bonds is 4. The van der Waals surface area contributed by atoms with Crippen molar-refractivity contribution in [3.63, 3.8) is 0 Å². The number of nitrogens with one attached hydrogen (secondary N) is 1. The van der Waals surface area contributed by atoms with E-state index in [0.29, 0.717) is 4.08 Å². The predicted molar refractivity (Wildman–Crippen MR) is 48.1 cm³/mol. The van der Waals surface area contributed by atoms with E-state index in [1.165, 1.54) is 36.8 Å². The third-order valence-electron chi connectivity index (χ3n) is 1.20. The Hall–Kier alpha value is 0.0561. The van der Waals surface area contributed by atoms with E-state index >= 15 is 0 Å². The number of hydrogen-bond acceptors (Lipinski definition) is 4. The Labute approximate surface area is 90.0 Å². The van der Waals surface area contributed by atoms with Gasteiger partial charge in [0.2, 0.25) is 0 Å². The Morgan fingerprint density at radius 1 is 1.75 bits per heavy atom. The van der Waals surface area contributed by atoms with Gasteiger partial charge in [-0.3, -0.25) is 0 Å². The SMILES string of the molecule is O=C([CH2][Po])SCCc1cn[nH]n1. The fourth-order valence-electron chi connectivity index (χ4n) is 0.657. The number of aromatic amines is 1. The van der Waals surface area contributed by atoms with E-state index in [1.807, 2.05) is 0 Å². The number of carbonyl (C=O) groups is 1. The molecule has 0 bridgehead atoms. The summed E-state index contributed by atoms with van der Waals surface area (Å²) in [6, 6.07) is 0. The van der Waals surface area contributed by atoms with Gasteiger partial charge in [-0.2, -0.15) is 0 Å². The molecule has 1 N–H and O–H groups in total. The molecule has 65 valence electrons. The Kier molecular flexibility index (Phi) is 4.78. The second-order valence-corrected chi connectivity index (χ2v) is 4.35. The molecule has 0 saturated carbocycles. The van der Waals surface area contributed by atoms with Gasteiger partial charge in [0.15, 0.2) is 0 Å². The van der Waals surface area contributed by atoms with Crippen LogP contribution in [0.1, 0.15) is 5.69 Å². The third kappa shape index (κ3) is 3.64. The molecule has 1 aromatic heterocycles. The summed E-state index contributed by atoms with van der Waals surface area (Å²) in [4.78, 5) is 10.9. The van der Waals surface area contributed by atoms with E-state index in [-0.39, 0.29) is 5.12 Å². The van der Waals surface area contributed by atoms with Crippen molar-refractivity contribution < 1.29 is 4.79 Å². The molecule has 1 heterocycles. The quantitative estimate of drug-likeness (QED) is 0.812. The Morgan fingerprint density at radius 3 is 3.17 bits per heavy atom. The average Bonchev–Trinajstić information content (AvgIpc) is 2.57. The molecular weight excluding hydrogens is 371 g/mol. The standard InChI is InChI=1S/C6H8N3OS.Po/c1-5(10)11-3-2-6-4-7-9-8-6;/h4H,1-3H2,(H,7,8,9);. The molecule has 0 amide bonds. The molecule has 6 heteroatoms. The molecule has 0 aliphatic heterocycles. The van der Waals surface area contributed by atoms with Gasteiger partial charge in [-0.25, -0.2) is 0 Å². The minimum atomic E-state index is 0.272. The number of nitrogens with zero attached hydrogens (tertiary/aromatic N) is 2. The fraction of sp³-hybridized carbons (Fsp3) is 0.500. The average molecular weight is 379 g/mol. The van der Waals surface area contributed by atoms with Gasteiger partial charge >= 0.3 is 90.3 Å². The van der Waals surface area contributed by atoms with Crippen molar-refractivity contribution in [3.05, 3.63) is 11.9 Å². The van der Waals surface area contributed by atoms with Crippen LogP contribution >= 0.6 is 11.8 Å². The van der Waals surface area contributed by atoms with Crippen LogP contribution in [0.2, 0.25) is 4.08 Å². The molecule has 1 radical (unpaired) electrons. The molecule has 0 aliphatic carbocycles. The van der Waals surface area contributed by atoms with Gasteiger partial charge in [-0.05, 0) is 0 Å². The molecule has 0 atom stereocenters. The van der Waals surface area contributed by atoms with E-state index in [0.717, 1.165) is 17.9 Å². The summed E-state index contributed by atoms with van der Waals surface area (Å²) in [5, 5.41) is 10.4. The first-order chi connectivity index (χ1) is 5.83. The van der Waals surface area contributed by atoms with Crippen LogP contribution in [-0.2, 0) is 11.2 Å². The van der Waals surface area contributed by atoms with E-state index < -0.39 is 0 Å². The van der Waals surface area contributed by atoms with Crippen LogP contribution in [0.5, 0.6) is 0 Å². The van der Waals surface area contributed by atoms with Gasteiger partial charge in [-0.15, -0.1) is 0 Å². The van der Waals surface area contributed by atoms with E-state index in [1.54, 1.807) is 6.20 Å². The van der Waals surface area contributed by atoms with E-state index in [9.17, 15) is 4.79 Å². The number of aromatic nitrogens is 3. The minimum absolute atomic E-state index is 0.272.